The number of hydrogen-bond acceptors (Lipinski definition) is 2. The fourth-order valence-corrected chi connectivity index (χ4v) is 3.50. The number of aryl methyl sites for hydroxylation is 1. The van der Waals surface area contributed by atoms with Gasteiger partial charge in [0.05, 0.1) is 7.11 Å². The first-order chi connectivity index (χ1) is 9.01. The smallest absolute Gasteiger partial charge is 0.253 e. The molecule has 3 nitrogen and oxygen atoms in total. The van der Waals surface area contributed by atoms with Gasteiger partial charge in [-0.1, -0.05) is 22.0 Å². The number of rotatable bonds is 4. The topological polar surface area (TPSA) is 29.5 Å². The molecule has 104 valence electrons. The molecule has 1 fully saturated rings. The lowest BCUT2D eigenvalue weighted by Crippen LogP contribution is -2.37. The number of hydrogen-bond donors (Lipinski definition) is 0. The van der Waals surface area contributed by atoms with Crippen molar-refractivity contribution in [1.82, 2.24) is 4.90 Å². The lowest BCUT2D eigenvalue weighted by molar-refractivity contribution is 0.0748. The minimum absolute atomic E-state index is 0.0660. The van der Waals surface area contributed by atoms with Crippen LogP contribution in [0.1, 0.15) is 28.8 Å². The van der Waals surface area contributed by atoms with E-state index in [1.165, 1.54) is 0 Å². The fraction of sp³-hybridized carbons (Fsp3) is 0.533. The third kappa shape index (κ3) is 3.30. The van der Waals surface area contributed by atoms with Crippen LogP contribution in [-0.4, -0.2) is 36.3 Å². The molecule has 1 aromatic rings. The molecule has 0 spiro atoms. The van der Waals surface area contributed by atoms with Gasteiger partial charge in [-0.15, -0.1) is 0 Å². The Morgan fingerprint density at radius 1 is 1.47 bits per heavy atom. The molecule has 0 bridgehead atoms. The fourth-order valence-electron chi connectivity index (χ4n) is 2.45. The first kappa shape index (κ1) is 14.4. The average molecular weight is 326 g/mol. The first-order valence-corrected chi connectivity index (χ1v) is 7.47. The minimum atomic E-state index is 0.0660. The molecule has 1 aromatic carbocycles. The summed E-state index contributed by atoms with van der Waals surface area (Å²) in [5.41, 5.74) is 1.74. The van der Waals surface area contributed by atoms with Gasteiger partial charge in [-0.25, -0.2) is 0 Å². The number of nitrogens with zero attached hydrogens (tertiary/aromatic N) is 1. The number of amides is 1. The number of methoxy groups -OCH3 is 1. The maximum Gasteiger partial charge on any atom is 0.253 e. The summed E-state index contributed by atoms with van der Waals surface area (Å²) >= 11 is 3.58. The number of carbonyl (C=O) groups is 1. The van der Waals surface area contributed by atoms with Crippen LogP contribution in [0.25, 0.3) is 0 Å². The molecule has 0 N–H and O–H groups in total. The zero-order valence-corrected chi connectivity index (χ0v) is 13.2. The quantitative estimate of drug-likeness (QED) is 0.795. The molecule has 0 heterocycles. The van der Waals surface area contributed by atoms with Gasteiger partial charge >= 0.3 is 0 Å². The third-order valence-corrected chi connectivity index (χ3v) is 4.46. The summed E-state index contributed by atoms with van der Waals surface area (Å²) in [6.07, 6.45) is 2.32. The van der Waals surface area contributed by atoms with E-state index in [4.69, 9.17) is 4.74 Å². The first-order valence-electron chi connectivity index (χ1n) is 6.55. The van der Waals surface area contributed by atoms with Gasteiger partial charge in [0.2, 0.25) is 0 Å². The van der Waals surface area contributed by atoms with Crippen molar-refractivity contribution in [1.29, 1.82) is 0 Å². The van der Waals surface area contributed by atoms with Gasteiger partial charge in [-0.2, -0.15) is 0 Å². The van der Waals surface area contributed by atoms with Crippen molar-refractivity contribution in [3.63, 3.8) is 0 Å². The molecule has 1 aliphatic rings. The van der Waals surface area contributed by atoms with Crippen LogP contribution < -0.4 is 4.74 Å². The summed E-state index contributed by atoms with van der Waals surface area (Å²) in [6.45, 7) is 2.80. The number of carbonyl (C=O) groups excluding carboxylic acids is 1. The molecule has 1 saturated carbocycles. The minimum Gasteiger partial charge on any atom is -0.496 e. The summed E-state index contributed by atoms with van der Waals surface area (Å²) in [5, 5.41) is 0. The highest BCUT2D eigenvalue weighted by Crippen LogP contribution is 2.33. The van der Waals surface area contributed by atoms with Crippen molar-refractivity contribution in [2.24, 2.45) is 5.92 Å². The van der Waals surface area contributed by atoms with E-state index in [9.17, 15) is 4.79 Å². The van der Waals surface area contributed by atoms with E-state index >= 15 is 0 Å². The summed E-state index contributed by atoms with van der Waals surface area (Å²) in [4.78, 5) is 14.8. The van der Waals surface area contributed by atoms with E-state index in [0.717, 1.165) is 30.7 Å². The maximum absolute atomic E-state index is 12.3. The highest BCUT2D eigenvalue weighted by molar-refractivity contribution is 9.09. The normalized spacial score (nSPS) is 21.7. The van der Waals surface area contributed by atoms with E-state index in [2.05, 4.69) is 15.9 Å². The number of alkyl halides is 1. The number of halogens is 1. The Morgan fingerprint density at radius 2 is 2.16 bits per heavy atom. The molecule has 19 heavy (non-hydrogen) atoms. The highest BCUT2D eigenvalue weighted by Gasteiger charge is 2.29. The van der Waals surface area contributed by atoms with Crippen molar-refractivity contribution in [3.05, 3.63) is 29.3 Å². The molecule has 0 aromatic heterocycles. The Labute approximate surface area is 123 Å². The van der Waals surface area contributed by atoms with Crippen LogP contribution in [0.3, 0.4) is 0 Å². The standard InChI is InChI=1S/C15H20BrNO2/c1-10-4-5-12(8-14(10)19-3)15(18)17(2)9-11-6-13(16)7-11/h4-5,8,11,13H,6-7,9H2,1-3H3. The lowest BCUT2D eigenvalue weighted by Gasteiger charge is -2.34. The van der Waals surface area contributed by atoms with Crippen LogP contribution >= 0.6 is 15.9 Å². The van der Waals surface area contributed by atoms with Crippen LogP contribution in [0.15, 0.2) is 18.2 Å². The Balaban J connectivity index is 2.02. The molecule has 4 heteroatoms. The van der Waals surface area contributed by atoms with E-state index in [-0.39, 0.29) is 5.91 Å². The van der Waals surface area contributed by atoms with Gasteiger partial charge in [0.1, 0.15) is 5.75 Å². The van der Waals surface area contributed by atoms with Gasteiger partial charge in [-0.3, -0.25) is 4.79 Å². The second-order valence-corrected chi connectivity index (χ2v) is 6.60. The van der Waals surface area contributed by atoms with Crippen molar-refractivity contribution >= 4 is 21.8 Å². The Hall–Kier alpha value is -1.03. The Kier molecular flexibility index (Phi) is 4.50. The zero-order valence-electron chi connectivity index (χ0n) is 11.6. The Bertz CT molecular complexity index is 469. The van der Waals surface area contributed by atoms with E-state index in [0.29, 0.717) is 16.3 Å². The average Bonchev–Trinajstić information content (AvgIpc) is 2.36. The van der Waals surface area contributed by atoms with Crippen LogP contribution in [0.2, 0.25) is 0 Å². The van der Waals surface area contributed by atoms with Gasteiger partial charge in [0.25, 0.3) is 5.91 Å². The summed E-state index contributed by atoms with van der Waals surface area (Å²) in [6, 6.07) is 5.62. The van der Waals surface area contributed by atoms with Crippen LogP contribution in [0.5, 0.6) is 5.75 Å². The molecule has 0 atom stereocenters. The highest BCUT2D eigenvalue weighted by atomic mass is 79.9. The van der Waals surface area contributed by atoms with Crippen LogP contribution in [0.4, 0.5) is 0 Å². The summed E-state index contributed by atoms with van der Waals surface area (Å²) < 4.78 is 5.27. The van der Waals surface area contributed by atoms with Crippen molar-refractivity contribution < 1.29 is 9.53 Å². The molecular formula is C15H20BrNO2. The van der Waals surface area contributed by atoms with Gasteiger partial charge in [0, 0.05) is 24.0 Å². The second-order valence-electron chi connectivity index (χ2n) is 5.30. The predicted molar refractivity (Wildman–Crippen MR) is 80.1 cm³/mol. The van der Waals surface area contributed by atoms with Gasteiger partial charge in [-0.05, 0) is 43.4 Å². The number of benzene rings is 1. The van der Waals surface area contributed by atoms with E-state index < -0.39 is 0 Å². The zero-order chi connectivity index (χ0) is 14.0. The maximum atomic E-state index is 12.3. The molecule has 1 amide bonds. The second kappa shape index (κ2) is 5.95. The lowest BCUT2D eigenvalue weighted by atomic mass is 9.85. The SMILES string of the molecule is COc1cc(C(=O)N(C)CC2CC(Br)C2)ccc1C. The molecular weight excluding hydrogens is 306 g/mol. The van der Waals surface area contributed by atoms with E-state index in [1.54, 1.807) is 7.11 Å². The Morgan fingerprint density at radius 3 is 2.74 bits per heavy atom. The summed E-state index contributed by atoms with van der Waals surface area (Å²) in [5.74, 6) is 1.46. The monoisotopic (exact) mass is 325 g/mol. The van der Waals surface area contributed by atoms with E-state index in [1.807, 2.05) is 37.1 Å². The molecule has 0 radical (unpaired) electrons. The van der Waals surface area contributed by atoms with Gasteiger partial charge < -0.3 is 9.64 Å². The number of ether oxygens (including phenoxy) is 1. The molecule has 0 unspecified atom stereocenters. The largest absolute Gasteiger partial charge is 0.496 e. The molecule has 0 saturated heterocycles. The molecule has 2 rings (SSSR count). The van der Waals surface area contributed by atoms with Crippen molar-refractivity contribution in [2.45, 2.75) is 24.6 Å². The van der Waals surface area contributed by atoms with Crippen LogP contribution in [0, 0.1) is 12.8 Å². The summed E-state index contributed by atoms with van der Waals surface area (Å²) in [7, 11) is 3.50. The molecule has 0 aliphatic heterocycles. The third-order valence-electron chi connectivity index (χ3n) is 3.71. The predicted octanol–water partition coefficient (Wildman–Crippen LogP) is 3.25. The molecule has 1 aliphatic carbocycles. The van der Waals surface area contributed by atoms with Gasteiger partial charge in [0.15, 0.2) is 0 Å². The van der Waals surface area contributed by atoms with Crippen molar-refractivity contribution in [2.75, 3.05) is 20.7 Å². The van der Waals surface area contributed by atoms with Crippen molar-refractivity contribution in [3.8, 4) is 5.75 Å². The van der Waals surface area contributed by atoms with Crippen LogP contribution in [-0.2, 0) is 0 Å².